The van der Waals surface area contributed by atoms with Crippen molar-refractivity contribution in [3.63, 3.8) is 0 Å². The van der Waals surface area contributed by atoms with Gasteiger partial charge in [0.2, 0.25) is 5.90 Å². The molecule has 0 aliphatic rings. The van der Waals surface area contributed by atoms with Gasteiger partial charge in [0.15, 0.2) is 11.9 Å². The summed E-state index contributed by atoms with van der Waals surface area (Å²) in [4.78, 5) is 12.4. The van der Waals surface area contributed by atoms with E-state index in [9.17, 15) is 23.1 Å². The van der Waals surface area contributed by atoms with Crippen LogP contribution in [0.5, 0.6) is 0 Å². The largest absolute Gasteiger partial charge is 0.483 e. The number of methoxy groups -OCH3 is 1. The molecule has 2 rings (SSSR count). The van der Waals surface area contributed by atoms with E-state index in [1.165, 1.54) is 31.4 Å². The molecule has 0 saturated carbocycles. The minimum Gasteiger partial charge on any atom is -0.483 e. The molecule has 136 valence electrons. The molecule has 0 aliphatic carbocycles. The number of halogens is 4. The summed E-state index contributed by atoms with van der Waals surface area (Å²) in [7, 11) is 1.22. The van der Waals surface area contributed by atoms with Crippen LogP contribution < -0.4 is 5.69 Å². The van der Waals surface area contributed by atoms with Gasteiger partial charge in [0.1, 0.15) is 6.54 Å². The van der Waals surface area contributed by atoms with Crippen molar-refractivity contribution in [1.29, 1.82) is 5.41 Å². The molecule has 1 aromatic heterocycles. The number of rotatable bonds is 5. The lowest BCUT2D eigenvalue weighted by Gasteiger charge is -2.15. The molecule has 7 nitrogen and oxygen atoms in total. The Labute approximate surface area is 144 Å². The van der Waals surface area contributed by atoms with E-state index in [1.54, 1.807) is 0 Å². The number of aliphatic hydroxyl groups excluding tert-OH is 1. The van der Waals surface area contributed by atoms with E-state index in [0.29, 0.717) is 15.2 Å². The molecule has 1 aromatic carbocycles. The van der Waals surface area contributed by atoms with Crippen molar-refractivity contribution in [3.05, 3.63) is 39.8 Å². The summed E-state index contributed by atoms with van der Waals surface area (Å²) < 4.78 is 44.1. The molecule has 0 aliphatic heterocycles. The van der Waals surface area contributed by atoms with Crippen LogP contribution in [0.15, 0.2) is 29.1 Å². The molecule has 1 atom stereocenters. The lowest BCUT2D eigenvalue weighted by Crippen LogP contribution is -2.37. The van der Waals surface area contributed by atoms with Gasteiger partial charge in [-0.25, -0.2) is 9.48 Å². The Morgan fingerprint density at radius 3 is 2.52 bits per heavy atom. The van der Waals surface area contributed by atoms with Crippen LogP contribution in [0.25, 0.3) is 11.4 Å². The van der Waals surface area contributed by atoms with Crippen LogP contribution in [-0.2, 0) is 17.8 Å². The average molecular weight is 379 g/mol. The van der Waals surface area contributed by atoms with Crippen molar-refractivity contribution in [1.82, 2.24) is 14.3 Å². The van der Waals surface area contributed by atoms with E-state index >= 15 is 0 Å². The van der Waals surface area contributed by atoms with Gasteiger partial charge in [-0.1, -0.05) is 11.6 Å². The molecule has 11 heteroatoms. The van der Waals surface area contributed by atoms with E-state index in [2.05, 4.69) is 9.84 Å². The van der Waals surface area contributed by atoms with Gasteiger partial charge < -0.3 is 9.84 Å². The van der Waals surface area contributed by atoms with Crippen LogP contribution in [0, 0.1) is 5.41 Å². The Hall–Kier alpha value is -2.33. The molecular formula is C14H14ClF3N4O3. The quantitative estimate of drug-likeness (QED) is 0.614. The maximum absolute atomic E-state index is 12.7. The van der Waals surface area contributed by atoms with Gasteiger partial charge in [-0.3, -0.25) is 9.98 Å². The number of hydrogen-bond acceptors (Lipinski definition) is 5. The Bertz CT molecular complexity index is 814. The Morgan fingerprint density at radius 2 is 2.00 bits per heavy atom. The van der Waals surface area contributed by atoms with Crippen LogP contribution in [0.1, 0.15) is 0 Å². The zero-order valence-electron chi connectivity index (χ0n) is 12.9. The first kappa shape index (κ1) is 19.0. The van der Waals surface area contributed by atoms with Gasteiger partial charge >= 0.3 is 11.9 Å². The molecule has 0 unspecified atom stereocenters. The predicted molar refractivity (Wildman–Crippen MR) is 83.7 cm³/mol. The third-order valence-corrected chi connectivity index (χ3v) is 3.55. The number of benzene rings is 1. The van der Waals surface area contributed by atoms with Gasteiger partial charge in [-0.15, -0.1) is 5.10 Å². The third-order valence-electron chi connectivity index (χ3n) is 3.30. The second-order valence-electron chi connectivity index (χ2n) is 5.07. The zero-order valence-corrected chi connectivity index (χ0v) is 13.7. The number of nitrogens with zero attached hydrogens (tertiary/aromatic N) is 3. The molecule has 2 N–H and O–H groups in total. The van der Waals surface area contributed by atoms with Gasteiger partial charge in [-0.05, 0) is 24.3 Å². The fourth-order valence-electron chi connectivity index (χ4n) is 2.00. The maximum Gasteiger partial charge on any atom is 0.416 e. The minimum atomic E-state index is -4.89. The second kappa shape index (κ2) is 7.28. The molecule has 0 fully saturated rings. The van der Waals surface area contributed by atoms with Gasteiger partial charge in [0.25, 0.3) is 0 Å². The van der Waals surface area contributed by atoms with Crippen LogP contribution in [0.2, 0.25) is 5.02 Å². The maximum atomic E-state index is 12.7. The predicted octanol–water partition coefficient (Wildman–Crippen LogP) is 1.91. The molecule has 0 radical (unpaired) electrons. The SMILES string of the molecule is COC(=N)Cn1nc(-c2ccc(Cl)cc2)n(C[C@@H](O)C(F)(F)F)c1=O. The topological polar surface area (TPSA) is 93.1 Å². The Morgan fingerprint density at radius 1 is 1.40 bits per heavy atom. The van der Waals surface area contributed by atoms with E-state index in [0.717, 1.165) is 4.68 Å². The number of alkyl halides is 3. The average Bonchev–Trinajstić information content (AvgIpc) is 2.84. The number of aliphatic hydroxyl groups is 1. The normalized spacial score (nSPS) is 12.9. The fourth-order valence-corrected chi connectivity index (χ4v) is 2.12. The smallest absolute Gasteiger partial charge is 0.416 e. The zero-order chi connectivity index (χ0) is 18.8. The van der Waals surface area contributed by atoms with Crippen molar-refractivity contribution in [2.45, 2.75) is 25.4 Å². The molecule has 0 saturated heterocycles. The summed E-state index contributed by atoms with van der Waals surface area (Å²) in [5.41, 5.74) is -0.575. The van der Waals surface area contributed by atoms with Gasteiger partial charge in [0.05, 0.1) is 13.7 Å². The van der Waals surface area contributed by atoms with Crippen LogP contribution in [-0.4, -0.2) is 44.7 Å². The first-order chi connectivity index (χ1) is 11.6. The number of aromatic nitrogens is 3. The van der Waals surface area contributed by atoms with Crippen LogP contribution in [0.3, 0.4) is 0 Å². The van der Waals surface area contributed by atoms with Crippen LogP contribution >= 0.6 is 11.6 Å². The highest BCUT2D eigenvalue weighted by atomic mass is 35.5. The van der Waals surface area contributed by atoms with Gasteiger partial charge in [0, 0.05) is 10.6 Å². The molecule has 0 spiro atoms. The first-order valence-electron chi connectivity index (χ1n) is 6.93. The molecule has 0 bridgehead atoms. The fraction of sp³-hybridized carbons (Fsp3) is 0.357. The first-order valence-corrected chi connectivity index (χ1v) is 7.31. The van der Waals surface area contributed by atoms with Crippen molar-refractivity contribution < 1.29 is 23.0 Å². The van der Waals surface area contributed by atoms with E-state index in [-0.39, 0.29) is 18.3 Å². The van der Waals surface area contributed by atoms with E-state index in [1.807, 2.05) is 0 Å². The second-order valence-corrected chi connectivity index (χ2v) is 5.50. The number of ether oxygens (including phenoxy) is 1. The molecule has 1 heterocycles. The summed E-state index contributed by atoms with van der Waals surface area (Å²) >= 11 is 5.78. The van der Waals surface area contributed by atoms with Crippen molar-refractivity contribution in [2.75, 3.05) is 7.11 Å². The molecular weight excluding hydrogens is 365 g/mol. The summed E-state index contributed by atoms with van der Waals surface area (Å²) in [5, 5.41) is 21.1. The third kappa shape index (κ3) is 4.40. The summed E-state index contributed by atoms with van der Waals surface area (Å²) in [6.45, 7) is -1.38. The summed E-state index contributed by atoms with van der Waals surface area (Å²) in [6, 6.07) is 5.93. The van der Waals surface area contributed by atoms with Crippen molar-refractivity contribution in [3.8, 4) is 11.4 Å². The van der Waals surface area contributed by atoms with Gasteiger partial charge in [-0.2, -0.15) is 13.2 Å². The molecule has 2 aromatic rings. The highest BCUT2D eigenvalue weighted by Crippen LogP contribution is 2.23. The Kier molecular flexibility index (Phi) is 5.53. The minimum absolute atomic E-state index is 0.0890. The molecule has 25 heavy (non-hydrogen) atoms. The van der Waals surface area contributed by atoms with Crippen LogP contribution in [0.4, 0.5) is 13.2 Å². The number of nitrogens with one attached hydrogen (secondary N) is 1. The lowest BCUT2D eigenvalue weighted by molar-refractivity contribution is -0.207. The molecule has 0 amide bonds. The summed E-state index contributed by atoms with van der Waals surface area (Å²) in [6.07, 6.45) is -7.63. The number of hydrogen-bond donors (Lipinski definition) is 2. The Balaban J connectivity index is 2.51. The van der Waals surface area contributed by atoms with Crippen molar-refractivity contribution >= 4 is 17.5 Å². The standard InChI is InChI=1S/C14H14ClF3N4O3/c1-25-11(19)7-22-13(24)21(6-10(23)14(16,17)18)12(20-22)8-2-4-9(15)5-3-8/h2-5,10,19,23H,6-7H2,1H3/t10-/m1/s1. The highest BCUT2D eigenvalue weighted by Gasteiger charge is 2.39. The van der Waals surface area contributed by atoms with E-state index < -0.39 is 24.5 Å². The monoisotopic (exact) mass is 378 g/mol. The highest BCUT2D eigenvalue weighted by molar-refractivity contribution is 6.30. The summed E-state index contributed by atoms with van der Waals surface area (Å²) in [5.74, 6) is -0.389. The van der Waals surface area contributed by atoms with E-state index in [4.69, 9.17) is 17.0 Å². The van der Waals surface area contributed by atoms with Crippen molar-refractivity contribution in [2.24, 2.45) is 0 Å². The lowest BCUT2D eigenvalue weighted by atomic mass is 10.2.